The lowest BCUT2D eigenvalue weighted by Crippen LogP contribution is -2.37. The first-order valence-electron chi connectivity index (χ1n) is 7.55. The number of methoxy groups -OCH3 is 1. The van der Waals surface area contributed by atoms with E-state index in [2.05, 4.69) is 19.2 Å². The first-order chi connectivity index (χ1) is 9.50. The zero-order valence-corrected chi connectivity index (χ0v) is 12.9. The van der Waals surface area contributed by atoms with Gasteiger partial charge in [-0.25, -0.2) is 0 Å². The second-order valence-corrected chi connectivity index (χ2v) is 6.64. The maximum absolute atomic E-state index is 10.3. The molecule has 0 aliphatic heterocycles. The minimum absolute atomic E-state index is 0.472. The highest BCUT2D eigenvalue weighted by molar-refractivity contribution is 5.29. The minimum atomic E-state index is -0.472. The Kier molecular flexibility index (Phi) is 5.06. The number of aliphatic hydroxyl groups is 1. The van der Waals surface area contributed by atoms with E-state index in [4.69, 9.17) is 4.74 Å². The average molecular weight is 277 g/mol. The van der Waals surface area contributed by atoms with Crippen molar-refractivity contribution in [2.75, 3.05) is 13.7 Å². The molecule has 20 heavy (non-hydrogen) atoms. The molecule has 0 radical (unpaired) electrons. The molecule has 1 fully saturated rings. The van der Waals surface area contributed by atoms with Gasteiger partial charge in [-0.2, -0.15) is 0 Å². The van der Waals surface area contributed by atoms with Gasteiger partial charge in [0.15, 0.2) is 0 Å². The second-order valence-electron chi connectivity index (χ2n) is 6.64. The molecule has 2 N–H and O–H groups in total. The summed E-state index contributed by atoms with van der Waals surface area (Å²) in [5.41, 5.74) is 1.40. The van der Waals surface area contributed by atoms with E-state index in [1.54, 1.807) is 7.11 Å². The van der Waals surface area contributed by atoms with E-state index in [0.717, 1.165) is 11.3 Å². The van der Waals surface area contributed by atoms with Crippen molar-refractivity contribution in [3.05, 3.63) is 29.8 Å². The molecule has 3 nitrogen and oxygen atoms in total. The third-order valence-corrected chi connectivity index (χ3v) is 4.42. The van der Waals surface area contributed by atoms with Crippen molar-refractivity contribution >= 4 is 0 Å². The molecule has 1 atom stereocenters. The van der Waals surface area contributed by atoms with Crippen LogP contribution in [0.5, 0.6) is 5.75 Å². The SMILES string of the molecule is COc1cccc(C(O)CNC2CCC(C)(C)CC2)c1. The summed E-state index contributed by atoms with van der Waals surface area (Å²) in [5, 5.41) is 13.8. The first-order valence-corrected chi connectivity index (χ1v) is 7.55. The van der Waals surface area contributed by atoms with E-state index in [-0.39, 0.29) is 0 Å². The van der Waals surface area contributed by atoms with E-state index in [1.807, 2.05) is 24.3 Å². The largest absolute Gasteiger partial charge is 0.497 e. The minimum Gasteiger partial charge on any atom is -0.497 e. The van der Waals surface area contributed by atoms with Crippen LogP contribution in [0.2, 0.25) is 0 Å². The molecule has 0 aromatic heterocycles. The molecule has 1 aromatic rings. The molecule has 2 rings (SSSR count). The van der Waals surface area contributed by atoms with E-state index < -0.39 is 6.10 Å². The summed E-state index contributed by atoms with van der Waals surface area (Å²) in [6.07, 6.45) is 4.47. The molecule has 0 spiro atoms. The van der Waals surface area contributed by atoms with Crippen molar-refractivity contribution < 1.29 is 9.84 Å². The molecule has 1 aliphatic carbocycles. The van der Waals surface area contributed by atoms with E-state index in [0.29, 0.717) is 18.0 Å². The quantitative estimate of drug-likeness (QED) is 0.868. The highest BCUT2D eigenvalue weighted by Crippen LogP contribution is 2.35. The van der Waals surface area contributed by atoms with Crippen LogP contribution in [-0.4, -0.2) is 24.8 Å². The van der Waals surface area contributed by atoms with Crippen LogP contribution in [0.1, 0.15) is 51.2 Å². The van der Waals surface area contributed by atoms with Crippen LogP contribution in [0, 0.1) is 5.41 Å². The molecule has 1 aromatic carbocycles. The highest BCUT2D eigenvalue weighted by atomic mass is 16.5. The van der Waals surface area contributed by atoms with Crippen LogP contribution < -0.4 is 10.1 Å². The number of aliphatic hydroxyl groups excluding tert-OH is 1. The van der Waals surface area contributed by atoms with Gasteiger partial charge < -0.3 is 15.2 Å². The summed E-state index contributed by atoms with van der Waals surface area (Å²) in [4.78, 5) is 0. The molecule has 0 amide bonds. The van der Waals surface area contributed by atoms with E-state index in [9.17, 15) is 5.11 Å². The molecule has 0 heterocycles. The normalized spacial score (nSPS) is 20.6. The van der Waals surface area contributed by atoms with Crippen molar-refractivity contribution in [2.45, 2.75) is 51.7 Å². The molecular weight excluding hydrogens is 250 g/mol. The van der Waals surface area contributed by atoms with Crippen molar-refractivity contribution in [1.82, 2.24) is 5.32 Å². The molecule has 0 saturated heterocycles. The van der Waals surface area contributed by atoms with E-state index >= 15 is 0 Å². The Morgan fingerprint density at radius 2 is 2.05 bits per heavy atom. The third kappa shape index (κ3) is 4.22. The molecule has 1 aliphatic rings. The molecule has 0 bridgehead atoms. The standard InChI is InChI=1S/C17H27NO2/c1-17(2)9-7-14(8-10-17)18-12-16(19)13-5-4-6-15(11-13)20-3/h4-6,11,14,16,18-19H,7-10,12H2,1-3H3. The summed E-state index contributed by atoms with van der Waals surface area (Å²) in [6.45, 7) is 5.29. The Morgan fingerprint density at radius 3 is 2.70 bits per heavy atom. The number of nitrogens with one attached hydrogen (secondary N) is 1. The first kappa shape index (κ1) is 15.3. The lowest BCUT2D eigenvalue weighted by atomic mass is 9.75. The Bertz CT molecular complexity index is 421. The Hall–Kier alpha value is -1.06. The number of hydrogen-bond donors (Lipinski definition) is 2. The van der Waals surface area contributed by atoms with Crippen LogP contribution in [0.4, 0.5) is 0 Å². The summed E-state index contributed by atoms with van der Waals surface area (Å²) in [7, 11) is 1.65. The lowest BCUT2D eigenvalue weighted by molar-refractivity contribution is 0.152. The van der Waals surface area contributed by atoms with Gasteiger partial charge in [0.2, 0.25) is 0 Å². The van der Waals surface area contributed by atoms with Gasteiger partial charge in [-0.15, -0.1) is 0 Å². The van der Waals surface area contributed by atoms with Crippen LogP contribution in [-0.2, 0) is 0 Å². The monoisotopic (exact) mass is 277 g/mol. The van der Waals surface area contributed by atoms with Crippen LogP contribution >= 0.6 is 0 Å². The van der Waals surface area contributed by atoms with Crippen molar-refractivity contribution in [3.63, 3.8) is 0 Å². The van der Waals surface area contributed by atoms with Gasteiger partial charge in [0.05, 0.1) is 13.2 Å². The van der Waals surface area contributed by atoms with Gasteiger partial charge in [0, 0.05) is 12.6 Å². The van der Waals surface area contributed by atoms with Gasteiger partial charge in [-0.3, -0.25) is 0 Å². The average Bonchev–Trinajstić information content (AvgIpc) is 2.46. The summed E-state index contributed by atoms with van der Waals surface area (Å²) >= 11 is 0. The van der Waals surface area contributed by atoms with Crippen molar-refractivity contribution in [2.24, 2.45) is 5.41 Å². The van der Waals surface area contributed by atoms with Crippen LogP contribution in [0.3, 0.4) is 0 Å². The maximum Gasteiger partial charge on any atom is 0.119 e. The number of benzene rings is 1. The predicted molar refractivity (Wildman–Crippen MR) is 82.0 cm³/mol. The van der Waals surface area contributed by atoms with Gasteiger partial charge in [0.1, 0.15) is 5.75 Å². The van der Waals surface area contributed by atoms with Gasteiger partial charge in [0.25, 0.3) is 0 Å². The molecule has 1 unspecified atom stereocenters. The van der Waals surface area contributed by atoms with Crippen molar-refractivity contribution in [1.29, 1.82) is 0 Å². The lowest BCUT2D eigenvalue weighted by Gasteiger charge is -2.35. The Labute approximate surface area is 122 Å². The number of rotatable bonds is 5. The summed E-state index contributed by atoms with van der Waals surface area (Å²) < 4.78 is 5.19. The third-order valence-electron chi connectivity index (χ3n) is 4.42. The summed E-state index contributed by atoms with van der Waals surface area (Å²) in [5.74, 6) is 0.793. The maximum atomic E-state index is 10.3. The second kappa shape index (κ2) is 6.59. The number of ether oxygens (including phenoxy) is 1. The molecule has 3 heteroatoms. The zero-order valence-electron chi connectivity index (χ0n) is 12.9. The topological polar surface area (TPSA) is 41.5 Å². The van der Waals surface area contributed by atoms with Crippen molar-refractivity contribution in [3.8, 4) is 5.75 Å². The van der Waals surface area contributed by atoms with Crippen LogP contribution in [0.15, 0.2) is 24.3 Å². The predicted octanol–water partition coefficient (Wildman–Crippen LogP) is 3.29. The molecular formula is C17H27NO2. The molecule has 1 saturated carbocycles. The summed E-state index contributed by atoms with van der Waals surface area (Å²) in [6, 6.07) is 8.20. The van der Waals surface area contributed by atoms with E-state index in [1.165, 1.54) is 25.7 Å². The molecule has 112 valence electrons. The van der Waals surface area contributed by atoms with Gasteiger partial charge in [-0.1, -0.05) is 26.0 Å². The fourth-order valence-electron chi connectivity index (χ4n) is 2.85. The highest BCUT2D eigenvalue weighted by Gasteiger charge is 2.26. The van der Waals surface area contributed by atoms with Gasteiger partial charge in [-0.05, 0) is 48.8 Å². The fourth-order valence-corrected chi connectivity index (χ4v) is 2.85. The van der Waals surface area contributed by atoms with Crippen LogP contribution in [0.25, 0.3) is 0 Å². The van der Waals surface area contributed by atoms with Gasteiger partial charge >= 0.3 is 0 Å². The Balaban J connectivity index is 1.81. The number of hydrogen-bond acceptors (Lipinski definition) is 3. The fraction of sp³-hybridized carbons (Fsp3) is 0.647. The Morgan fingerprint density at radius 1 is 1.35 bits per heavy atom. The smallest absolute Gasteiger partial charge is 0.119 e. The zero-order chi connectivity index (χ0) is 14.6.